The third-order valence-electron chi connectivity index (χ3n) is 3.56. The minimum Gasteiger partial charge on any atom is -0.455 e. The van der Waals surface area contributed by atoms with Crippen LogP contribution in [0.15, 0.2) is 18.2 Å². The number of nitrogens with one attached hydrogen (secondary N) is 1. The van der Waals surface area contributed by atoms with E-state index in [2.05, 4.69) is 5.32 Å². The predicted octanol–water partition coefficient (Wildman–Crippen LogP) is 2.19. The van der Waals surface area contributed by atoms with Crippen LogP contribution in [0.2, 0.25) is 0 Å². The van der Waals surface area contributed by atoms with Gasteiger partial charge in [-0.3, -0.25) is 19.7 Å². The van der Waals surface area contributed by atoms with Gasteiger partial charge in [-0.25, -0.2) is 0 Å². The minimum atomic E-state index is -0.512. The minimum absolute atomic E-state index is 0.0701. The zero-order chi connectivity index (χ0) is 15.4. The van der Waals surface area contributed by atoms with Crippen LogP contribution in [0.1, 0.15) is 24.8 Å². The molecule has 21 heavy (non-hydrogen) atoms. The van der Waals surface area contributed by atoms with Crippen LogP contribution in [-0.2, 0) is 14.3 Å². The average molecular weight is 292 g/mol. The fourth-order valence-electron chi connectivity index (χ4n) is 2.04. The molecule has 0 unspecified atom stereocenters. The van der Waals surface area contributed by atoms with Gasteiger partial charge in [-0.1, -0.05) is 12.5 Å². The Morgan fingerprint density at radius 3 is 2.71 bits per heavy atom. The second kappa shape index (κ2) is 6.34. The van der Waals surface area contributed by atoms with E-state index >= 15 is 0 Å². The number of anilines is 1. The van der Waals surface area contributed by atoms with Crippen molar-refractivity contribution < 1.29 is 19.2 Å². The quantitative estimate of drug-likeness (QED) is 0.509. The number of carbonyl (C=O) groups excluding carboxylic acids is 2. The first-order valence-corrected chi connectivity index (χ1v) is 6.69. The smallest absolute Gasteiger partial charge is 0.309 e. The van der Waals surface area contributed by atoms with Crippen LogP contribution in [-0.4, -0.2) is 23.4 Å². The monoisotopic (exact) mass is 292 g/mol. The topological polar surface area (TPSA) is 98.5 Å². The van der Waals surface area contributed by atoms with Gasteiger partial charge in [0.15, 0.2) is 6.61 Å². The molecule has 1 aliphatic carbocycles. The Labute approximate surface area is 121 Å². The zero-order valence-electron chi connectivity index (χ0n) is 11.6. The highest BCUT2D eigenvalue weighted by Crippen LogP contribution is 2.27. The Balaban J connectivity index is 1.92. The molecule has 1 N–H and O–H groups in total. The predicted molar refractivity (Wildman–Crippen MR) is 74.8 cm³/mol. The van der Waals surface area contributed by atoms with Gasteiger partial charge in [0.25, 0.3) is 11.6 Å². The molecule has 1 aromatic rings. The lowest BCUT2D eigenvalue weighted by Gasteiger charge is -2.22. The highest BCUT2D eigenvalue weighted by molar-refractivity contribution is 5.94. The largest absolute Gasteiger partial charge is 0.455 e. The first kappa shape index (κ1) is 15.0. The molecule has 1 aromatic carbocycles. The van der Waals surface area contributed by atoms with Crippen molar-refractivity contribution in [3.8, 4) is 0 Å². The number of nitro groups is 1. The summed E-state index contributed by atoms with van der Waals surface area (Å²) in [4.78, 5) is 33.5. The van der Waals surface area contributed by atoms with E-state index in [0.717, 1.165) is 19.3 Å². The highest BCUT2D eigenvalue weighted by Gasteiger charge is 2.27. The van der Waals surface area contributed by atoms with Gasteiger partial charge < -0.3 is 10.1 Å². The molecule has 1 fully saturated rings. The standard InChI is InChI=1S/C14H16N2O5/c1-9-11(6-3-7-12(9)16(19)20)15-13(17)8-21-14(18)10-4-2-5-10/h3,6-7,10H,2,4-5,8H2,1H3,(H,15,17). The second-order valence-corrected chi connectivity index (χ2v) is 4.99. The summed E-state index contributed by atoms with van der Waals surface area (Å²) in [5.74, 6) is -0.948. The highest BCUT2D eigenvalue weighted by atomic mass is 16.6. The first-order chi connectivity index (χ1) is 9.99. The fraction of sp³-hybridized carbons (Fsp3) is 0.429. The third-order valence-corrected chi connectivity index (χ3v) is 3.56. The number of nitrogens with zero attached hydrogens (tertiary/aromatic N) is 1. The Hall–Kier alpha value is -2.44. The fourth-order valence-corrected chi connectivity index (χ4v) is 2.04. The van der Waals surface area contributed by atoms with E-state index in [-0.39, 0.29) is 24.2 Å². The molecular weight excluding hydrogens is 276 g/mol. The summed E-state index contributed by atoms with van der Waals surface area (Å²) in [7, 11) is 0. The van der Waals surface area contributed by atoms with E-state index in [1.807, 2.05) is 0 Å². The number of hydrogen-bond donors (Lipinski definition) is 1. The van der Waals surface area contributed by atoms with E-state index in [1.54, 1.807) is 13.0 Å². The summed E-state index contributed by atoms with van der Waals surface area (Å²) < 4.78 is 4.91. The van der Waals surface area contributed by atoms with Crippen molar-refractivity contribution >= 4 is 23.3 Å². The van der Waals surface area contributed by atoms with Gasteiger partial charge in [-0.05, 0) is 25.8 Å². The maximum atomic E-state index is 11.7. The van der Waals surface area contributed by atoms with Crippen molar-refractivity contribution in [2.45, 2.75) is 26.2 Å². The van der Waals surface area contributed by atoms with Gasteiger partial charge >= 0.3 is 5.97 Å². The molecule has 0 spiro atoms. The third kappa shape index (κ3) is 3.56. The number of esters is 1. The first-order valence-electron chi connectivity index (χ1n) is 6.69. The molecule has 2 rings (SSSR count). The van der Waals surface area contributed by atoms with Crippen molar-refractivity contribution in [3.05, 3.63) is 33.9 Å². The molecule has 7 nitrogen and oxygen atoms in total. The number of amides is 1. The van der Waals surface area contributed by atoms with Gasteiger partial charge in [-0.15, -0.1) is 0 Å². The van der Waals surface area contributed by atoms with Crippen molar-refractivity contribution in [3.63, 3.8) is 0 Å². The lowest BCUT2D eigenvalue weighted by molar-refractivity contribution is -0.385. The zero-order valence-corrected chi connectivity index (χ0v) is 11.6. The van der Waals surface area contributed by atoms with E-state index < -0.39 is 10.8 Å². The molecule has 0 aromatic heterocycles. The molecule has 0 aliphatic heterocycles. The van der Waals surface area contributed by atoms with E-state index in [4.69, 9.17) is 4.74 Å². The molecule has 0 saturated heterocycles. The molecule has 7 heteroatoms. The number of carbonyl (C=O) groups is 2. The van der Waals surface area contributed by atoms with Crippen molar-refractivity contribution in [1.29, 1.82) is 0 Å². The number of benzene rings is 1. The van der Waals surface area contributed by atoms with E-state index in [9.17, 15) is 19.7 Å². The van der Waals surface area contributed by atoms with Gasteiger partial charge in [0.1, 0.15) is 0 Å². The molecule has 112 valence electrons. The summed E-state index contributed by atoms with van der Waals surface area (Å²) in [6.45, 7) is 1.17. The molecule has 1 saturated carbocycles. The van der Waals surface area contributed by atoms with Gasteiger partial charge in [0.05, 0.1) is 22.1 Å². The number of nitro benzene ring substituents is 1. The van der Waals surface area contributed by atoms with Crippen LogP contribution in [0, 0.1) is 23.0 Å². The van der Waals surface area contributed by atoms with Gasteiger partial charge in [0, 0.05) is 6.07 Å². The summed E-state index contributed by atoms with van der Waals surface area (Å²) in [5.41, 5.74) is 0.634. The molecular formula is C14H16N2O5. The van der Waals surface area contributed by atoms with Gasteiger partial charge in [-0.2, -0.15) is 0 Å². The molecule has 0 bridgehead atoms. The SMILES string of the molecule is Cc1c(NC(=O)COC(=O)C2CCC2)cccc1[N+](=O)[O-]. The molecule has 1 aliphatic rings. The number of ether oxygens (including phenoxy) is 1. The molecule has 1 amide bonds. The normalized spacial score (nSPS) is 14.1. The van der Waals surface area contributed by atoms with Crippen molar-refractivity contribution in [2.24, 2.45) is 5.92 Å². The van der Waals surface area contributed by atoms with Crippen LogP contribution < -0.4 is 5.32 Å². The maximum absolute atomic E-state index is 11.7. The lowest BCUT2D eigenvalue weighted by atomic mass is 9.86. The number of hydrogen-bond acceptors (Lipinski definition) is 5. The van der Waals surface area contributed by atoms with E-state index in [1.165, 1.54) is 12.1 Å². The Morgan fingerprint density at radius 1 is 1.43 bits per heavy atom. The number of rotatable bonds is 5. The molecule has 0 radical (unpaired) electrons. The van der Waals surface area contributed by atoms with Crippen molar-refractivity contribution in [1.82, 2.24) is 0 Å². The van der Waals surface area contributed by atoms with Crippen LogP contribution >= 0.6 is 0 Å². The summed E-state index contributed by atoms with van der Waals surface area (Å²) in [6.07, 6.45) is 2.63. The van der Waals surface area contributed by atoms with Crippen LogP contribution in [0.4, 0.5) is 11.4 Å². The molecule has 0 heterocycles. The van der Waals surface area contributed by atoms with Crippen LogP contribution in [0.5, 0.6) is 0 Å². The summed E-state index contributed by atoms with van der Waals surface area (Å²) in [5, 5.41) is 13.3. The average Bonchev–Trinajstić information content (AvgIpc) is 2.36. The lowest BCUT2D eigenvalue weighted by Crippen LogP contribution is -2.28. The Bertz CT molecular complexity index is 581. The second-order valence-electron chi connectivity index (χ2n) is 4.99. The summed E-state index contributed by atoms with van der Waals surface area (Å²) in [6, 6.07) is 4.41. The van der Waals surface area contributed by atoms with Crippen molar-refractivity contribution in [2.75, 3.05) is 11.9 Å². The van der Waals surface area contributed by atoms with Gasteiger partial charge in [0.2, 0.25) is 0 Å². The maximum Gasteiger partial charge on any atom is 0.309 e. The molecule has 0 atom stereocenters. The Kier molecular flexibility index (Phi) is 4.52. The van der Waals surface area contributed by atoms with Crippen LogP contribution in [0.3, 0.4) is 0 Å². The van der Waals surface area contributed by atoms with Crippen LogP contribution in [0.25, 0.3) is 0 Å². The summed E-state index contributed by atoms with van der Waals surface area (Å²) >= 11 is 0. The van der Waals surface area contributed by atoms with E-state index in [0.29, 0.717) is 11.3 Å². The Morgan fingerprint density at radius 2 is 2.14 bits per heavy atom.